The lowest BCUT2D eigenvalue weighted by Crippen LogP contribution is -2.22. The molecule has 13 heavy (non-hydrogen) atoms. The summed E-state index contributed by atoms with van der Waals surface area (Å²) in [6.07, 6.45) is 6.83. The van der Waals surface area contributed by atoms with Crippen LogP contribution < -0.4 is 11.5 Å². The molecule has 3 nitrogen and oxygen atoms in total. The summed E-state index contributed by atoms with van der Waals surface area (Å²) in [5, 5.41) is 0. The molecule has 3 heteroatoms. The second-order valence-electron chi connectivity index (χ2n) is 3.96. The van der Waals surface area contributed by atoms with E-state index in [0.29, 0.717) is 11.9 Å². The Kier molecular flexibility index (Phi) is 2.25. The number of rotatable bonds is 2. The molecule has 0 radical (unpaired) electrons. The Labute approximate surface area is 78.9 Å². The molecule has 2 aliphatic rings. The van der Waals surface area contributed by atoms with Crippen LogP contribution in [0, 0.1) is 0 Å². The highest BCUT2D eigenvalue weighted by Gasteiger charge is 2.22. The quantitative estimate of drug-likeness (QED) is 0.495. The summed E-state index contributed by atoms with van der Waals surface area (Å²) in [5.41, 5.74) is 13.9. The number of hydrogen-bond donors (Lipinski definition) is 2. The summed E-state index contributed by atoms with van der Waals surface area (Å²) in [4.78, 5) is 4.42. The smallest absolute Gasteiger partial charge is 0.123 e. The van der Waals surface area contributed by atoms with Gasteiger partial charge in [-0.3, -0.25) is 4.99 Å². The lowest BCUT2D eigenvalue weighted by molar-refractivity contribution is 0.681. The maximum Gasteiger partial charge on any atom is 0.123 e. The second kappa shape index (κ2) is 3.40. The van der Waals surface area contributed by atoms with E-state index in [-0.39, 0.29) is 0 Å². The van der Waals surface area contributed by atoms with Crippen molar-refractivity contribution in [3.8, 4) is 0 Å². The van der Waals surface area contributed by atoms with Gasteiger partial charge >= 0.3 is 0 Å². The molecule has 0 aliphatic heterocycles. The highest BCUT2D eigenvalue weighted by molar-refractivity contribution is 5.97. The standard InChI is InChI=1S/C10H17N3/c11-9-4-2-1-3-8(9)10(12)13-7-5-6-7/h7H,1-6,11H2,(H2,12,13). The molecule has 2 aliphatic carbocycles. The summed E-state index contributed by atoms with van der Waals surface area (Å²) >= 11 is 0. The SMILES string of the molecule is NC(=NC1CC1)C1=C(N)CCCC1. The average molecular weight is 179 g/mol. The van der Waals surface area contributed by atoms with E-state index in [1.165, 1.54) is 25.7 Å². The molecule has 2 rings (SSSR count). The summed E-state index contributed by atoms with van der Waals surface area (Å²) < 4.78 is 0. The number of amidine groups is 1. The van der Waals surface area contributed by atoms with Crippen LogP contribution in [0.5, 0.6) is 0 Å². The molecule has 0 spiro atoms. The minimum Gasteiger partial charge on any atom is -0.402 e. The minimum absolute atomic E-state index is 0.502. The number of allylic oxidation sites excluding steroid dienone is 1. The third kappa shape index (κ3) is 2.02. The number of nitrogens with zero attached hydrogens (tertiary/aromatic N) is 1. The van der Waals surface area contributed by atoms with E-state index in [9.17, 15) is 0 Å². The van der Waals surface area contributed by atoms with Crippen LogP contribution >= 0.6 is 0 Å². The number of hydrogen-bond acceptors (Lipinski definition) is 2. The van der Waals surface area contributed by atoms with E-state index in [1.807, 2.05) is 0 Å². The van der Waals surface area contributed by atoms with Crippen LogP contribution in [-0.4, -0.2) is 11.9 Å². The predicted molar refractivity (Wildman–Crippen MR) is 54.3 cm³/mol. The van der Waals surface area contributed by atoms with Gasteiger partial charge in [0.15, 0.2) is 0 Å². The maximum atomic E-state index is 5.89. The minimum atomic E-state index is 0.502. The summed E-state index contributed by atoms with van der Waals surface area (Å²) in [7, 11) is 0. The van der Waals surface area contributed by atoms with Gasteiger partial charge in [0.05, 0.1) is 6.04 Å². The van der Waals surface area contributed by atoms with Gasteiger partial charge in [-0.1, -0.05) is 0 Å². The van der Waals surface area contributed by atoms with Crippen LogP contribution in [-0.2, 0) is 0 Å². The first-order valence-corrected chi connectivity index (χ1v) is 5.08. The molecular formula is C10H17N3. The van der Waals surface area contributed by atoms with Crippen molar-refractivity contribution in [1.82, 2.24) is 0 Å². The van der Waals surface area contributed by atoms with Crippen molar-refractivity contribution in [3.05, 3.63) is 11.3 Å². The third-order valence-corrected chi connectivity index (χ3v) is 2.69. The summed E-state index contributed by atoms with van der Waals surface area (Å²) in [5.74, 6) is 0.708. The van der Waals surface area contributed by atoms with E-state index >= 15 is 0 Å². The van der Waals surface area contributed by atoms with Gasteiger partial charge in [0.2, 0.25) is 0 Å². The molecule has 0 saturated heterocycles. The summed E-state index contributed by atoms with van der Waals surface area (Å²) in [6.45, 7) is 0. The molecule has 0 heterocycles. The first-order chi connectivity index (χ1) is 6.27. The first kappa shape index (κ1) is 8.60. The van der Waals surface area contributed by atoms with Crippen LogP contribution in [0.25, 0.3) is 0 Å². The zero-order valence-electron chi connectivity index (χ0n) is 7.92. The van der Waals surface area contributed by atoms with E-state index < -0.39 is 0 Å². The fourth-order valence-electron chi connectivity index (χ4n) is 1.70. The predicted octanol–water partition coefficient (Wildman–Crippen LogP) is 1.29. The zero-order chi connectivity index (χ0) is 9.26. The monoisotopic (exact) mass is 179 g/mol. The van der Waals surface area contributed by atoms with E-state index in [4.69, 9.17) is 11.5 Å². The molecule has 0 aromatic carbocycles. The van der Waals surface area contributed by atoms with Crippen molar-refractivity contribution in [2.75, 3.05) is 0 Å². The van der Waals surface area contributed by atoms with Crippen LogP contribution in [0.4, 0.5) is 0 Å². The fraction of sp³-hybridized carbons (Fsp3) is 0.700. The zero-order valence-corrected chi connectivity index (χ0v) is 7.92. The Morgan fingerprint density at radius 1 is 1.23 bits per heavy atom. The van der Waals surface area contributed by atoms with Crippen molar-refractivity contribution in [2.45, 2.75) is 44.6 Å². The van der Waals surface area contributed by atoms with Crippen molar-refractivity contribution < 1.29 is 0 Å². The Balaban J connectivity index is 2.12. The van der Waals surface area contributed by atoms with E-state index in [1.54, 1.807) is 0 Å². The molecule has 0 amide bonds. The molecule has 1 fully saturated rings. The Morgan fingerprint density at radius 3 is 2.54 bits per heavy atom. The molecule has 0 unspecified atom stereocenters. The molecule has 0 atom stereocenters. The normalized spacial score (nSPS) is 25.1. The highest BCUT2D eigenvalue weighted by Crippen LogP contribution is 2.26. The topological polar surface area (TPSA) is 64.4 Å². The first-order valence-electron chi connectivity index (χ1n) is 5.08. The third-order valence-electron chi connectivity index (χ3n) is 2.69. The Hall–Kier alpha value is -0.990. The van der Waals surface area contributed by atoms with Gasteiger partial charge in [-0.05, 0) is 38.5 Å². The van der Waals surface area contributed by atoms with Crippen molar-refractivity contribution in [2.24, 2.45) is 16.5 Å². The van der Waals surface area contributed by atoms with Crippen molar-refractivity contribution in [1.29, 1.82) is 0 Å². The average Bonchev–Trinajstić information content (AvgIpc) is 2.89. The van der Waals surface area contributed by atoms with E-state index in [2.05, 4.69) is 4.99 Å². The molecule has 0 aromatic heterocycles. The Bertz CT molecular complexity index is 261. The number of aliphatic imine (C=N–C) groups is 1. The van der Waals surface area contributed by atoms with Crippen molar-refractivity contribution in [3.63, 3.8) is 0 Å². The van der Waals surface area contributed by atoms with Gasteiger partial charge in [0.25, 0.3) is 0 Å². The van der Waals surface area contributed by atoms with Gasteiger partial charge in [-0.2, -0.15) is 0 Å². The largest absolute Gasteiger partial charge is 0.402 e. The van der Waals surface area contributed by atoms with Crippen LogP contribution in [0.2, 0.25) is 0 Å². The lowest BCUT2D eigenvalue weighted by Gasteiger charge is -2.16. The second-order valence-corrected chi connectivity index (χ2v) is 3.96. The molecule has 1 saturated carbocycles. The van der Waals surface area contributed by atoms with Crippen LogP contribution in [0.1, 0.15) is 38.5 Å². The fourth-order valence-corrected chi connectivity index (χ4v) is 1.70. The molecule has 4 N–H and O–H groups in total. The summed E-state index contributed by atoms with van der Waals surface area (Å²) in [6, 6.07) is 0.502. The van der Waals surface area contributed by atoms with Gasteiger partial charge < -0.3 is 11.5 Å². The van der Waals surface area contributed by atoms with Crippen molar-refractivity contribution >= 4 is 5.84 Å². The number of nitrogens with two attached hydrogens (primary N) is 2. The molecule has 72 valence electrons. The van der Waals surface area contributed by atoms with Crippen LogP contribution in [0.15, 0.2) is 16.3 Å². The Morgan fingerprint density at radius 2 is 1.92 bits per heavy atom. The molecule has 0 bridgehead atoms. The lowest BCUT2D eigenvalue weighted by atomic mass is 9.96. The van der Waals surface area contributed by atoms with Crippen LogP contribution in [0.3, 0.4) is 0 Å². The maximum absolute atomic E-state index is 5.89. The highest BCUT2D eigenvalue weighted by atomic mass is 14.9. The van der Waals surface area contributed by atoms with Gasteiger partial charge in [0, 0.05) is 11.3 Å². The molecule has 0 aromatic rings. The van der Waals surface area contributed by atoms with Gasteiger partial charge in [-0.15, -0.1) is 0 Å². The van der Waals surface area contributed by atoms with Gasteiger partial charge in [-0.25, -0.2) is 0 Å². The molecular weight excluding hydrogens is 162 g/mol. The van der Waals surface area contributed by atoms with E-state index in [0.717, 1.165) is 24.1 Å². The van der Waals surface area contributed by atoms with Gasteiger partial charge in [0.1, 0.15) is 5.84 Å².